The number of fused-ring (bicyclic) bond motifs is 1. The second kappa shape index (κ2) is 13.1. The number of amides is 1. The zero-order valence-corrected chi connectivity index (χ0v) is 25.5. The fraction of sp³-hybridized carbons (Fsp3) is 0.481. The Balaban J connectivity index is 0.00000400. The van der Waals surface area contributed by atoms with Crippen LogP contribution >= 0.6 is 35.3 Å². The van der Waals surface area contributed by atoms with Gasteiger partial charge in [0.2, 0.25) is 10.0 Å². The smallest absolute Gasteiger partial charge is 0.260 e. The number of sulfonamides is 1. The van der Waals surface area contributed by atoms with Gasteiger partial charge in [-0.3, -0.25) is 9.69 Å². The van der Waals surface area contributed by atoms with Gasteiger partial charge >= 0.3 is 0 Å². The first-order valence-electron chi connectivity index (χ1n) is 12.8. The standard InChI is InChI=1S/C27H35ClN4O3S2.ClH/c1-5-22-9-6-7-16-32(22)37(34,35)23-12-10-20(11-13-23)26(33)31(15-8-14-30(3)4)27-29-25-19(2)17-21(28)18-24(25)36-27;/h10-13,17-18,22H,5-9,14-16H2,1-4H3;1H. The number of rotatable bonds is 9. The van der Waals surface area contributed by atoms with Crippen LogP contribution in [0.15, 0.2) is 41.3 Å². The highest BCUT2D eigenvalue weighted by Crippen LogP contribution is 2.34. The van der Waals surface area contributed by atoms with E-state index >= 15 is 0 Å². The number of carbonyl (C=O) groups is 1. The number of benzene rings is 2. The van der Waals surface area contributed by atoms with Gasteiger partial charge in [-0.25, -0.2) is 13.4 Å². The Bertz CT molecular complexity index is 1360. The van der Waals surface area contributed by atoms with Gasteiger partial charge in [0.25, 0.3) is 5.91 Å². The molecule has 2 heterocycles. The number of aryl methyl sites for hydroxylation is 1. The van der Waals surface area contributed by atoms with Gasteiger partial charge in [0.15, 0.2) is 5.13 Å². The highest BCUT2D eigenvalue weighted by atomic mass is 35.5. The number of piperidine rings is 1. The molecule has 2 aromatic carbocycles. The molecule has 1 aliphatic heterocycles. The van der Waals surface area contributed by atoms with Gasteiger partial charge in [-0.05, 0) is 95.2 Å². The molecule has 11 heteroatoms. The molecule has 38 heavy (non-hydrogen) atoms. The molecule has 7 nitrogen and oxygen atoms in total. The van der Waals surface area contributed by atoms with E-state index in [1.807, 2.05) is 40.1 Å². The third-order valence-corrected chi connectivity index (χ3v) is 10.1. The first kappa shape index (κ1) is 30.8. The Kier molecular flexibility index (Phi) is 10.6. The summed E-state index contributed by atoms with van der Waals surface area (Å²) in [6.07, 6.45) is 4.39. The molecule has 208 valence electrons. The highest BCUT2D eigenvalue weighted by Gasteiger charge is 2.32. The SMILES string of the molecule is CCC1CCCCN1S(=O)(=O)c1ccc(C(=O)N(CCCN(C)C)c2nc3c(C)cc(Cl)cc3s2)cc1.Cl. The van der Waals surface area contributed by atoms with Gasteiger partial charge in [-0.1, -0.05) is 36.3 Å². The van der Waals surface area contributed by atoms with Crippen LogP contribution in [0.3, 0.4) is 0 Å². The number of hydrogen-bond acceptors (Lipinski definition) is 6. The molecule has 0 radical (unpaired) electrons. The maximum atomic E-state index is 13.7. The summed E-state index contributed by atoms with van der Waals surface area (Å²) in [5.74, 6) is -0.199. The van der Waals surface area contributed by atoms with Crippen LogP contribution in [-0.4, -0.2) is 68.3 Å². The number of nitrogens with zero attached hydrogens (tertiary/aromatic N) is 4. The zero-order valence-electron chi connectivity index (χ0n) is 22.3. The summed E-state index contributed by atoms with van der Waals surface area (Å²) in [7, 11) is 0.392. The lowest BCUT2D eigenvalue weighted by atomic mass is 10.0. The van der Waals surface area contributed by atoms with E-state index in [4.69, 9.17) is 16.6 Å². The molecule has 1 amide bonds. The van der Waals surface area contributed by atoms with Crippen LogP contribution in [0.25, 0.3) is 10.2 Å². The van der Waals surface area contributed by atoms with Crippen LogP contribution < -0.4 is 4.90 Å². The maximum absolute atomic E-state index is 13.7. The number of carbonyl (C=O) groups excluding carboxylic acids is 1. The zero-order chi connectivity index (χ0) is 26.7. The topological polar surface area (TPSA) is 73.8 Å². The molecule has 1 aliphatic rings. The number of hydrogen-bond donors (Lipinski definition) is 0. The minimum atomic E-state index is -3.61. The van der Waals surface area contributed by atoms with Gasteiger partial charge in [0.1, 0.15) is 0 Å². The van der Waals surface area contributed by atoms with Crippen molar-refractivity contribution in [3.05, 3.63) is 52.5 Å². The van der Waals surface area contributed by atoms with Gasteiger partial charge in [0, 0.05) is 29.7 Å². The predicted molar refractivity (Wildman–Crippen MR) is 160 cm³/mol. The van der Waals surface area contributed by atoms with E-state index in [-0.39, 0.29) is 29.3 Å². The third-order valence-electron chi connectivity index (χ3n) is 6.85. The monoisotopic (exact) mass is 598 g/mol. The highest BCUT2D eigenvalue weighted by molar-refractivity contribution is 7.89. The van der Waals surface area contributed by atoms with Crippen LogP contribution in [0.2, 0.25) is 5.02 Å². The summed E-state index contributed by atoms with van der Waals surface area (Å²) in [6, 6.07) is 10.1. The summed E-state index contributed by atoms with van der Waals surface area (Å²) in [5.41, 5.74) is 2.23. The normalized spacial score (nSPS) is 16.5. The van der Waals surface area contributed by atoms with Crippen LogP contribution in [-0.2, 0) is 10.0 Å². The molecule has 1 fully saturated rings. The molecule has 1 unspecified atom stereocenters. The summed E-state index contributed by atoms with van der Waals surface area (Å²) in [4.78, 5) is 22.5. The second-order valence-electron chi connectivity index (χ2n) is 9.88. The second-order valence-corrected chi connectivity index (χ2v) is 13.2. The Labute approximate surface area is 241 Å². The number of halogens is 2. The molecule has 0 N–H and O–H groups in total. The first-order valence-corrected chi connectivity index (χ1v) is 15.4. The van der Waals surface area contributed by atoms with Crippen LogP contribution in [0.4, 0.5) is 5.13 Å². The van der Waals surface area contributed by atoms with E-state index in [2.05, 4.69) is 4.90 Å². The number of aromatic nitrogens is 1. The molecule has 4 rings (SSSR count). The van der Waals surface area contributed by atoms with E-state index in [9.17, 15) is 13.2 Å². The predicted octanol–water partition coefficient (Wildman–Crippen LogP) is 6.23. The van der Waals surface area contributed by atoms with Crippen LogP contribution in [0.1, 0.15) is 54.9 Å². The van der Waals surface area contributed by atoms with E-state index in [1.165, 1.54) is 11.3 Å². The Morgan fingerprint density at radius 1 is 1.16 bits per heavy atom. The van der Waals surface area contributed by atoms with Crippen LogP contribution in [0.5, 0.6) is 0 Å². The lowest BCUT2D eigenvalue weighted by Crippen LogP contribution is -2.43. The molecular weight excluding hydrogens is 563 g/mol. The minimum Gasteiger partial charge on any atom is -0.309 e. The molecule has 1 aromatic heterocycles. The Morgan fingerprint density at radius 3 is 2.53 bits per heavy atom. The Morgan fingerprint density at radius 2 is 1.87 bits per heavy atom. The average molecular weight is 600 g/mol. The van der Waals surface area contributed by atoms with Gasteiger partial charge in [-0.2, -0.15) is 4.31 Å². The fourth-order valence-corrected chi connectivity index (χ4v) is 8.06. The van der Waals surface area contributed by atoms with Crippen molar-refractivity contribution in [2.24, 2.45) is 0 Å². The minimum absolute atomic E-state index is 0. The summed E-state index contributed by atoms with van der Waals surface area (Å²) >= 11 is 7.69. The van der Waals surface area contributed by atoms with Gasteiger partial charge < -0.3 is 4.90 Å². The van der Waals surface area contributed by atoms with E-state index in [1.54, 1.807) is 33.5 Å². The fourth-order valence-electron chi connectivity index (χ4n) is 4.85. The maximum Gasteiger partial charge on any atom is 0.260 e. The van der Waals surface area contributed by atoms with Gasteiger partial charge in [0.05, 0.1) is 15.1 Å². The summed E-state index contributed by atoms with van der Waals surface area (Å²) in [6.45, 7) is 5.85. The van der Waals surface area contributed by atoms with Crippen LogP contribution in [0, 0.1) is 6.92 Å². The van der Waals surface area contributed by atoms with Gasteiger partial charge in [-0.15, -0.1) is 12.4 Å². The van der Waals surface area contributed by atoms with E-state index < -0.39 is 10.0 Å². The molecule has 1 saturated heterocycles. The molecule has 0 aliphatic carbocycles. The van der Waals surface area contributed by atoms with Crippen molar-refractivity contribution in [2.45, 2.75) is 56.9 Å². The molecule has 0 bridgehead atoms. The third kappa shape index (κ3) is 6.69. The van der Waals surface area contributed by atoms with Crippen molar-refractivity contribution >= 4 is 66.6 Å². The molecule has 0 saturated carbocycles. The van der Waals surface area contributed by atoms with E-state index in [0.717, 1.165) is 54.4 Å². The Hall–Kier alpha value is -1.75. The van der Waals surface area contributed by atoms with Crippen molar-refractivity contribution in [3.63, 3.8) is 0 Å². The lowest BCUT2D eigenvalue weighted by Gasteiger charge is -2.34. The average Bonchev–Trinajstić information content (AvgIpc) is 3.30. The van der Waals surface area contributed by atoms with Crippen molar-refractivity contribution in [3.8, 4) is 0 Å². The molecule has 3 aromatic rings. The molecule has 1 atom stereocenters. The molecular formula is C27H36Cl2N4O3S2. The molecule has 0 spiro atoms. The van der Waals surface area contributed by atoms with Crippen molar-refractivity contribution < 1.29 is 13.2 Å². The number of thiazole rings is 1. The lowest BCUT2D eigenvalue weighted by molar-refractivity contribution is 0.0986. The summed E-state index contributed by atoms with van der Waals surface area (Å²) in [5, 5.41) is 1.25. The largest absolute Gasteiger partial charge is 0.309 e. The quantitative estimate of drug-likeness (QED) is 0.292. The van der Waals surface area contributed by atoms with Crippen molar-refractivity contribution in [1.29, 1.82) is 0 Å². The van der Waals surface area contributed by atoms with Crippen molar-refractivity contribution in [1.82, 2.24) is 14.2 Å². The first-order chi connectivity index (χ1) is 17.6. The number of anilines is 1. The summed E-state index contributed by atoms with van der Waals surface area (Å²) < 4.78 is 29.3. The van der Waals surface area contributed by atoms with E-state index in [0.29, 0.717) is 28.8 Å². The van der Waals surface area contributed by atoms with Crippen molar-refractivity contribution in [2.75, 3.05) is 38.6 Å².